The first-order valence-electron chi connectivity index (χ1n) is 39.2. The van der Waals surface area contributed by atoms with Crippen molar-refractivity contribution in [3.05, 3.63) is 72.9 Å². The number of carbonyl (C=O) groups excluding carboxylic acids is 4. The Kier molecular flexibility index (Phi) is 69.3. The van der Waals surface area contributed by atoms with Gasteiger partial charge in [-0.3, -0.25) is 37.3 Å². The van der Waals surface area contributed by atoms with Crippen LogP contribution in [0.5, 0.6) is 0 Å². The van der Waals surface area contributed by atoms with Crippen LogP contribution in [-0.4, -0.2) is 96.7 Å². The highest BCUT2D eigenvalue weighted by Crippen LogP contribution is 2.45. The van der Waals surface area contributed by atoms with Gasteiger partial charge >= 0.3 is 39.5 Å². The average Bonchev–Trinajstić information content (AvgIpc) is 1.04. The molecule has 0 heterocycles. The maximum Gasteiger partial charge on any atom is 0.472 e. The zero-order valence-corrected chi connectivity index (χ0v) is 64.0. The van der Waals surface area contributed by atoms with Gasteiger partial charge in [-0.05, 0) is 96.3 Å². The fourth-order valence-electron chi connectivity index (χ4n) is 10.7. The molecule has 19 heteroatoms. The number of phosphoric acid groups is 2. The van der Waals surface area contributed by atoms with Crippen LogP contribution in [0, 0.1) is 0 Å². The number of carbonyl (C=O) groups is 4. The summed E-state index contributed by atoms with van der Waals surface area (Å²) >= 11 is 0. The molecule has 0 spiro atoms. The molecule has 570 valence electrons. The molecule has 0 aliphatic heterocycles. The minimum Gasteiger partial charge on any atom is -0.462 e. The maximum atomic E-state index is 13.1. The topological polar surface area (TPSA) is 237 Å². The predicted molar refractivity (Wildman–Crippen MR) is 400 cm³/mol. The molecule has 17 nitrogen and oxygen atoms in total. The quantitative estimate of drug-likeness (QED) is 0.0169. The number of rotatable bonds is 74. The van der Waals surface area contributed by atoms with Crippen molar-refractivity contribution >= 4 is 39.5 Å². The smallest absolute Gasteiger partial charge is 0.462 e. The van der Waals surface area contributed by atoms with Gasteiger partial charge in [-0.2, -0.15) is 0 Å². The molecule has 98 heavy (non-hydrogen) atoms. The lowest BCUT2D eigenvalue weighted by Crippen LogP contribution is -2.30. The van der Waals surface area contributed by atoms with Gasteiger partial charge in [-0.1, -0.05) is 300 Å². The van der Waals surface area contributed by atoms with Crippen molar-refractivity contribution in [2.75, 3.05) is 39.6 Å². The van der Waals surface area contributed by atoms with Crippen LogP contribution in [0.1, 0.15) is 349 Å². The van der Waals surface area contributed by atoms with Gasteiger partial charge in [0.15, 0.2) is 12.2 Å². The van der Waals surface area contributed by atoms with E-state index >= 15 is 0 Å². The van der Waals surface area contributed by atoms with Crippen molar-refractivity contribution in [1.29, 1.82) is 0 Å². The lowest BCUT2D eigenvalue weighted by atomic mass is 10.0. The summed E-state index contributed by atoms with van der Waals surface area (Å²) in [6.07, 6.45) is 71.7. The number of ether oxygens (including phenoxy) is 4. The van der Waals surface area contributed by atoms with Gasteiger partial charge in [-0.15, -0.1) is 0 Å². The summed E-state index contributed by atoms with van der Waals surface area (Å²) in [5.41, 5.74) is 0. The van der Waals surface area contributed by atoms with Crippen LogP contribution in [0.15, 0.2) is 72.9 Å². The molecule has 3 N–H and O–H groups in total. The minimum absolute atomic E-state index is 0.0912. The summed E-state index contributed by atoms with van der Waals surface area (Å²) in [4.78, 5) is 72.9. The van der Waals surface area contributed by atoms with Gasteiger partial charge < -0.3 is 33.8 Å². The molecule has 5 unspecified atom stereocenters. The summed E-state index contributed by atoms with van der Waals surface area (Å²) in [6.45, 7) is 4.73. The van der Waals surface area contributed by atoms with Gasteiger partial charge in [0.2, 0.25) is 0 Å². The van der Waals surface area contributed by atoms with E-state index in [2.05, 4.69) is 101 Å². The van der Waals surface area contributed by atoms with Crippen molar-refractivity contribution in [3.63, 3.8) is 0 Å². The van der Waals surface area contributed by atoms with Crippen molar-refractivity contribution in [2.45, 2.75) is 367 Å². The van der Waals surface area contributed by atoms with E-state index in [1.165, 1.54) is 135 Å². The van der Waals surface area contributed by atoms with E-state index in [1.807, 2.05) is 0 Å². The van der Waals surface area contributed by atoms with Crippen molar-refractivity contribution in [1.82, 2.24) is 0 Å². The standard InChI is InChI=1S/C79H142O17P2/c1-5-9-13-17-21-25-29-33-36-40-43-47-51-55-59-63-76(81)89-69-74(95-78(83)65-61-57-53-49-45-39-32-28-24-20-16-12-8-4)71-93-97(85,86)91-67-73(80)68-92-98(87,88)94-72-75(96-79(84)66-62-58-54-50-46-42-38-35-31-27-23-19-15-11-7-3)70-90-77(82)64-60-56-52-48-44-41-37-34-30-26-22-18-14-10-6-2/h10,14,21-22,25-26,33-34,36-37,44,48,73-75,80H,5-9,11-13,15-20,23-24,27-32,35,38-43,45-47,49-72H2,1-4H3,(H,85,86)(H,87,88)/b14-10-,25-21-,26-22-,36-33-,37-34-,48-44-. The Morgan fingerprint density at radius 1 is 0.296 bits per heavy atom. The average molecular weight is 1430 g/mol. The third-order valence-electron chi connectivity index (χ3n) is 16.7. The number of esters is 4. The Balaban J connectivity index is 5.36. The molecule has 0 saturated heterocycles. The first-order valence-corrected chi connectivity index (χ1v) is 42.2. The number of allylic oxidation sites excluding steroid dienone is 12. The van der Waals surface area contributed by atoms with Crippen LogP contribution < -0.4 is 0 Å². The second-order valence-electron chi connectivity index (χ2n) is 26.3. The monoisotopic (exact) mass is 1420 g/mol. The Hall–Kier alpha value is -3.50. The summed E-state index contributed by atoms with van der Waals surface area (Å²) in [5.74, 6) is -2.21. The van der Waals surface area contributed by atoms with Crippen LogP contribution in [0.3, 0.4) is 0 Å². The second kappa shape index (κ2) is 71.9. The highest BCUT2D eigenvalue weighted by molar-refractivity contribution is 7.47. The van der Waals surface area contributed by atoms with Crippen LogP contribution in [-0.2, 0) is 65.4 Å². The molecule has 0 bridgehead atoms. The third-order valence-corrected chi connectivity index (χ3v) is 18.6. The van der Waals surface area contributed by atoms with E-state index in [0.29, 0.717) is 25.7 Å². The molecule has 0 fully saturated rings. The number of unbranched alkanes of at least 4 members (excludes halogenated alkanes) is 36. The molecule has 5 atom stereocenters. The molecule has 0 aromatic carbocycles. The fourth-order valence-corrected chi connectivity index (χ4v) is 12.3. The van der Waals surface area contributed by atoms with Crippen LogP contribution in [0.2, 0.25) is 0 Å². The summed E-state index contributed by atoms with van der Waals surface area (Å²) in [7, 11) is -9.95. The molecular weight excluding hydrogens is 1280 g/mol. The normalized spacial score (nSPS) is 14.3. The Morgan fingerprint density at radius 2 is 0.531 bits per heavy atom. The number of phosphoric ester groups is 2. The zero-order valence-electron chi connectivity index (χ0n) is 62.2. The second-order valence-corrected chi connectivity index (χ2v) is 29.2. The predicted octanol–water partition coefficient (Wildman–Crippen LogP) is 22.4. The number of aliphatic hydroxyl groups is 1. The van der Waals surface area contributed by atoms with Crippen LogP contribution >= 0.6 is 15.6 Å². The van der Waals surface area contributed by atoms with Gasteiger partial charge in [0.25, 0.3) is 0 Å². The lowest BCUT2D eigenvalue weighted by Gasteiger charge is -2.21. The number of hydrogen-bond acceptors (Lipinski definition) is 15. The van der Waals surface area contributed by atoms with E-state index in [0.717, 1.165) is 135 Å². The maximum absolute atomic E-state index is 13.1. The minimum atomic E-state index is -4.98. The molecule has 0 saturated carbocycles. The fraction of sp³-hybridized carbons (Fsp3) is 0.797. The van der Waals surface area contributed by atoms with Crippen LogP contribution in [0.25, 0.3) is 0 Å². The largest absolute Gasteiger partial charge is 0.472 e. The van der Waals surface area contributed by atoms with E-state index in [4.69, 9.17) is 37.0 Å². The summed E-state index contributed by atoms with van der Waals surface area (Å²) in [6, 6.07) is 0. The van der Waals surface area contributed by atoms with Crippen molar-refractivity contribution in [3.8, 4) is 0 Å². The molecule has 0 radical (unpaired) electrons. The zero-order chi connectivity index (χ0) is 71.8. The Bertz CT molecular complexity index is 2140. The van der Waals surface area contributed by atoms with Gasteiger partial charge in [0.05, 0.1) is 26.4 Å². The first kappa shape index (κ1) is 94.5. The molecule has 0 amide bonds. The molecule has 0 rings (SSSR count). The van der Waals surface area contributed by atoms with E-state index in [-0.39, 0.29) is 25.7 Å². The molecule has 0 aromatic heterocycles. The third kappa shape index (κ3) is 70.9. The first-order chi connectivity index (χ1) is 47.7. The molecule has 0 aromatic rings. The van der Waals surface area contributed by atoms with Crippen LogP contribution in [0.4, 0.5) is 0 Å². The number of aliphatic hydroxyl groups excluding tert-OH is 1. The lowest BCUT2D eigenvalue weighted by molar-refractivity contribution is -0.161. The summed E-state index contributed by atoms with van der Waals surface area (Å²) < 4.78 is 68.5. The summed E-state index contributed by atoms with van der Waals surface area (Å²) in [5, 5.41) is 10.6. The van der Waals surface area contributed by atoms with Gasteiger partial charge in [-0.25, -0.2) is 9.13 Å². The highest BCUT2D eigenvalue weighted by atomic mass is 31.2. The van der Waals surface area contributed by atoms with Crippen molar-refractivity contribution in [2.24, 2.45) is 0 Å². The van der Waals surface area contributed by atoms with E-state index in [1.54, 1.807) is 0 Å². The number of hydrogen-bond donors (Lipinski definition) is 3. The van der Waals surface area contributed by atoms with Crippen molar-refractivity contribution < 1.29 is 80.2 Å². The van der Waals surface area contributed by atoms with Gasteiger partial charge in [0.1, 0.15) is 19.3 Å². The highest BCUT2D eigenvalue weighted by Gasteiger charge is 2.30. The molecular formula is C79H142O17P2. The molecule has 0 aliphatic carbocycles. The van der Waals surface area contributed by atoms with E-state index < -0.39 is 97.5 Å². The van der Waals surface area contributed by atoms with Gasteiger partial charge in [0, 0.05) is 25.7 Å². The van der Waals surface area contributed by atoms with E-state index in [9.17, 15) is 43.2 Å². The molecule has 0 aliphatic rings. The Labute approximate surface area is 596 Å². The Morgan fingerprint density at radius 3 is 0.857 bits per heavy atom. The SMILES string of the molecule is CC/C=C\C/C=C\C/C=C\C/C=C\CCCCC(=O)OCC(COP(=O)(O)OCC(O)COP(=O)(O)OCC(COC(=O)CCCCCCC/C=C\C/C=C\CCCCC)OC(=O)CCCCCCCCCCCCCCC)OC(=O)CCCCCCCCCCCCCCCCC.